The van der Waals surface area contributed by atoms with Crippen LogP contribution in [0.25, 0.3) is 27.8 Å². The molecule has 0 aliphatic heterocycles. The second-order valence-electron chi connectivity index (χ2n) is 6.04. The molecular weight excluding hydrogens is 386 g/mol. The maximum atomic E-state index is 12.4. The predicted molar refractivity (Wildman–Crippen MR) is 114 cm³/mol. The van der Waals surface area contributed by atoms with E-state index in [0.717, 1.165) is 11.1 Å². The number of aromatic nitrogens is 1. The number of benzene rings is 2. The zero-order valence-corrected chi connectivity index (χ0v) is 16.2. The largest absolute Gasteiger partial charge is 0.495 e. The van der Waals surface area contributed by atoms with Gasteiger partial charge in [-0.1, -0.05) is 30.3 Å². The van der Waals surface area contributed by atoms with E-state index < -0.39 is 5.63 Å². The van der Waals surface area contributed by atoms with Crippen LogP contribution in [0, 0.1) is 11.3 Å². The summed E-state index contributed by atoms with van der Waals surface area (Å²) >= 11 is 1.28. The van der Waals surface area contributed by atoms with Gasteiger partial charge in [-0.05, 0) is 24.3 Å². The molecule has 0 atom stereocenters. The van der Waals surface area contributed by atoms with E-state index in [4.69, 9.17) is 9.15 Å². The van der Waals surface area contributed by atoms with E-state index >= 15 is 0 Å². The molecule has 0 spiro atoms. The molecule has 0 unspecified atom stereocenters. The molecule has 0 saturated carbocycles. The highest BCUT2D eigenvalue weighted by atomic mass is 32.1. The SMILES string of the molecule is COc1ccccc1NC=C(C#N)c1nc(-c2cc3ccccc3oc2=O)cs1. The van der Waals surface area contributed by atoms with Gasteiger partial charge in [0, 0.05) is 17.0 Å². The van der Waals surface area contributed by atoms with Crippen molar-refractivity contribution in [1.29, 1.82) is 5.26 Å². The zero-order valence-electron chi connectivity index (χ0n) is 15.4. The Balaban J connectivity index is 1.66. The first-order valence-corrected chi connectivity index (χ1v) is 9.56. The summed E-state index contributed by atoms with van der Waals surface area (Å²) in [7, 11) is 1.58. The van der Waals surface area contributed by atoms with E-state index in [1.54, 1.807) is 30.8 Å². The quantitative estimate of drug-likeness (QED) is 0.378. The Morgan fingerprint density at radius 2 is 2.03 bits per heavy atom. The van der Waals surface area contributed by atoms with Gasteiger partial charge in [0.2, 0.25) is 0 Å². The van der Waals surface area contributed by atoms with Crippen LogP contribution >= 0.6 is 11.3 Å². The van der Waals surface area contributed by atoms with Gasteiger partial charge in [-0.25, -0.2) is 9.78 Å². The Morgan fingerprint density at radius 1 is 1.24 bits per heavy atom. The average molecular weight is 401 g/mol. The molecule has 0 radical (unpaired) electrons. The zero-order chi connectivity index (χ0) is 20.2. The molecule has 0 aliphatic rings. The Hall–Kier alpha value is -3.89. The average Bonchev–Trinajstić information content (AvgIpc) is 3.23. The van der Waals surface area contributed by atoms with Crippen molar-refractivity contribution in [3.63, 3.8) is 0 Å². The summed E-state index contributed by atoms with van der Waals surface area (Å²) in [5.74, 6) is 0.662. The molecule has 2 heterocycles. The van der Waals surface area contributed by atoms with Crippen molar-refractivity contribution < 1.29 is 9.15 Å². The lowest BCUT2D eigenvalue weighted by Gasteiger charge is -2.07. The first kappa shape index (κ1) is 18.5. The summed E-state index contributed by atoms with van der Waals surface area (Å²) in [5.41, 5.74) is 1.97. The van der Waals surface area contributed by atoms with Crippen LogP contribution in [-0.2, 0) is 0 Å². The van der Waals surface area contributed by atoms with E-state index in [1.165, 1.54) is 11.3 Å². The number of thiazole rings is 1. The minimum Gasteiger partial charge on any atom is -0.495 e. The molecule has 0 fully saturated rings. The smallest absolute Gasteiger partial charge is 0.345 e. The predicted octanol–water partition coefficient (Wildman–Crippen LogP) is 4.90. The van der Waals surface area contributed by atoms with Crippen LogP contribution in [-0.4, -0.2) is 12.1 Å². The van der Waals surface area contributed by atoms with E-state index in [1.807, 2.05) is 42.5 Å². The molecule has 142 valence electrons. The first-order chi connectivity index (χ1) is 14.2. The van der Waals surface area contributed by atoms with Gasteiger partial charge in [0.05, 0.1) is 24.1 Å². The van der Waals surface area contributed by atoms with Crippen LogP contribution in [0.15, 0.2) is 75.4 Å². The van der Waals surface area contributed by atoms with Gasteiger partial charge in [-0.3, -0.25) is 0 Å². The number of para-hydroxylation sites is 3. The summed E-state index contributed by atoms with van der Waals surface area (Å²) in [6.07, 6.45) is 1.57. The normalized spacial score (nSPS) is 11.2. The number of nitrogens with one attached hydrogen (secondary N) is 1. The molecule has 2 aromatic heterocycles. The topological polar surface area (TPSA) is 88.2 Å². The number of hydrogen-bond acceptors (Lipinski definition) is 7. The van der Waals surface area contributed by atoms with E-state index in [2.05, 4.69) is 16.4 Å². The molecule has 6 nitrogen and oxygen atoms in total. The minimum atomic E-state index is -0.463. The molecule has 2 aromatic carbocycles. The Labute approximate surface area is 170 Å². The number of nitriles is 1. The van der Waals surface area contributed by atoms with Gasteiger partial charge in [0.1, 0.15) is 28.0 Å². The number of allylic oxidation sites excluding steroid dienone is 1. The second kappa shape index (κ2) is 8.00. The molecule has 29 heavy (non-hydrogen) atoms. The number of fused-ring (bicyclic) bond motifs is 1. The molecule has 0 bridgehead atoms. The number of anilines is 1. The molecule has 4 aromatic rings. The number of rotatable bonds is 5. The summed E-state index contributed by atoms with van der Waals surface area (Å²) in [6.45, 7) is 0. The van der Waals surface area contributed by atoms with E-state index in [-0.39, 0.29) is 0 Å². The maximum absolute atomic E-state index is 12.4. The highest BCUT2D eigenvalue weighted by Crippen LogP contribution is 2.28. The van der Waals surface area contributed by atoms with Crippen LogP contribution in [0.1, 0.15) is 5.01 Å². The Morgan fingerprint density at radius 3 is 2.86 bits per heavy atom. The third-order valence-corrected chi connectivity index (χ3v) is 5.13. The number of nitrogens with zero attached hydrogens (tertiary/aromatic N) is 2. The molecule has 4 rings (SSSR count). The first-order valence-electron chi connectivity index (χ1n) is 8.68. The van der Waals surface area contributed by atoms with Crippen molar-refractivity contribution >= 4 is 33.6 Å². The van der Waals surface area contributed by atoms with Crippen molar-refractivity contribution in [3.8, 4) is 23.1 Å². The van der Waals surface area contributed by atoms with Crippen LogP contribution in [0.2, 0.25) is 0 Å². The number of ether oxygens (including phenoxy) is 1. The van der Waals surface area contributed by atoms with Crippen molar-refractivity contribution in [2.75, 3.05) is 12.4 Å². The van der Waals surface area contributed by atoms with Gasteiger partial charge in [-0.2, -0.15) is 5.26 Å². The summed E-state index contributed by atoms with van der Waals surface area (Å²) in [4.78, 5) is 16.8. The lowest BCUT2D eigenvalue weighted by atomic mass is 10.1. The van der Waals surface area contributed by atoms with E-state index in [0.29, 0.717) is 33.2 Å². The van der Waals surface area contributed by atoms with Crippen molar-refractivity contribution in [3.05, 3.63) is 81.6 Å². The molecule has 0 amide bonds. The minimum absolute atomic E-state index is 0.345. The monoisotopic (exact) mass is 401 g/mol. The third-order valence-electron chi connectivity index (χ3n) is 4.25. The lowest BCUT2D eigenvalue weighted by Crippen LogP contribution is -2.02. The maximum Gasteiger partial charge on any atom is 0.345 e. The van der Waals surface area contributed by atoms with Crippen molar-refractivity contribution in [2.45, 2.75) is 0 Å². The molecule has 0 saturated heterocycles. The fourth-order valence-electron chi connectivity index (χ4n) is 2.82. The van der Waals surface area contributed by atoms with Crippen LogP contribution in [0.4, 0.5) is 5.69 Å². The fraction of sp³-hybridized carbons (Fsp3) is 0.0455. The Kier molecular flexibility index (Phi) is 5.10. The lowest BCUT2D eigenvalue weighted by molar-refractivity contribution is 0.417. The highest BCUT2D eigenvalue weighted by Gasteiger charge is 2.14. The highest BCUT2D eigenvalue weighted by molar-refractivity contribution is 7.11. The number of methoxy groups -OCH3 is 1. The van der Waals surface area contributed by atoms with Crippen molar-refractivity contribution in [2.24, 2.45) is 0 Å². The molecule has 7 heteroatoms. The molecule has 0 aliphatic carbocycles. The Bertz CT molecular complexity index is 1310. The standard InChI is InChI=1S/C22H15N3O3S/c1-27-20-9-5-3-7-17(20)24-12-15(11-23)21-25-18(13-29-21)16-10-14-6-2-4-8-19(14)28-22(16)26/h2-10,12-13,24H,1H3. The molecular formula is C22H15N3O3S. The summed E-state index contributed by atoms with van der Waals surface area (Å²) < 4.78 is 10.7. The van der Waals surface area contributed by atoms with Crippen molar-refractivity contribution in [1.82, 2.24) is 4.98 Å². The van der Waals surface area contributed by atoms with Crippen LogP contribution < -0.4 is 15.7 Å². The van der Waals surface area contributed by atoms with Crippen LogP contribution in [0.3, 0.4) is 0 Å². The summed E-state index contributed by atoms with van der Waals surface area (Å²) in [6, 6.07) is 18.6. The third kappa shape index (κ3) is 3.74. The second-order valence-corrected chi connectivity index (χ2v) is 6.90. The van der Waals surface area contributed by atoms with Gasteiger partial charge in [-0.15, -0.1) is 11.3 Å². The van der Waals surface area contributed by atoms with Gasteiger partial charge in [0.25, 0.3) is 0 Å². The van der Waals surface area contributed by atoms with E-state index in [9.17, 15) is 10.1 Å². The van der Waals surface area contributed by atoms with Crippen LogP contribution in [0.5, 0.6) is 5.75 Å². The molecule has 1 N–H and O–H groups in total. The summed E-state index contributed by atoms with van der Waals surface area (Å²) in [5, 5.41) is 15.7. The van der Waals surface area contributed by atoms with Gasteiger partial charge < -0.3 is 14.5 Å². The number of hydrogen-bond donors (Lipinski definition) is 1. The fourth-order valence-corrected chi connectivity index (χ4v) is 3.60. The van der Waals surface area contributed by atoms with Gasteiger partial charge >= 0.3 is 5.63 Å². The van der Waals surface area contributed by atoms with Gasteiger partial charge in [0.15, 0.2) is 0 Å².